The summed E-state index contributed by atoms with van der Waals surface area (Å²) >= 11 is 0. The van der Waals surface area contributed by atoms with Crippen molar-refractivity contribution >= 4 is 6.29 Å². The summed E-state index contributed by atoms with van der Waals surface area (Å²) in [5, 5.41) is 43.7. The summed E-state index contributed by atoms with van der Waals surface area (Å²) in [4.78, 5) is 8.81. The molecule has 0 bridgehead atoms. The molecule has 0 heterocycles. The van der Waals surface area contributed by atoms with Gasteiger partial charge in [-0.05, 0) is 27.7 Å². The van der Waals surface area contributed by atoms with E-state index in [4.69, 9.17) is 35.4 Å². The third-order valence-electron chi connectivity index (χ3n) is 0. The number of aldehydes is 1. The minimum atomic E-state index is 0.250. The maximum absolute atomic E-state index is 8.81. The molecule has 0 aliphatic heterocycles. The van der Waals surface area contributed by atoms with Crippen LogP contribution in [0.1, 0.15) is 143 Å². The Balaban J connectivity index is -0.0000000137. The zero-order valence-corrected chi connectivity index (χ0v) is 28.3. The maximum atomic E-state index is 8.81. The highest BCUT2D eigenvalue weighted by Gasteiger charge is 1.37. The molecule has 0 radical (unpaired) electrons. The van der Waals surface area contributed by atoms with Gasteiger partial charge >= 0.3 is 0 Å². The second kappa shape index (κ2) is 495. The first-order chi connectivity index (χ1) is 16.7. The zero-order chi connectivity index (χ0) is 32.4. The van der Waals surface area contributed by atoms with Crippen molar-refractivity contribution in [1.82, 2.24) is 0 Å². The number of carbonyl (C=O) groups is 1. The lowest BCUT2D eigenvalue weighted by molar-refractivity contribution is -0.106. The molecule has 7 nitrogen and oxygen atoms in total. The maximum Gasteiger partial charge on any atom is 0.116 e. The first kappa shape index (κ1) is 83.8. The molecule has 0 aromatic rings. The summed E-state index contributed by atoms with van der Waals surface area (Å²) in [6, 6.07) is 0. The third kappa shape index (κ3) is 102000. The molecule has 6 N–H and O–H groups in total. The van der Waals surface area contributed by atoms with Gasteiger partial charge in [0, 0.05) is 41.2 Å². The van der Waals surface area contributed by atoms with Gasteiger partial charge < -0.3 is 35.4 Å². The molecule has 0 saturated heterocycles. The zero-order valence-electron chi connectivity index (χ0n) is 28.3. The predicted molar refractivity (Wildman–Crippen MR) is 166 cm³/mol. The van der Waals surface area contributed by atoms with Crippen LogP contribution < -0.4 is 0 Å². The quantitative estimate of drug-likeness (QED) is 0.184. The largest absolute Gasteiger partial charge is 0.400 e. The lowest BCUT2D eigenvalue weighted by Gasteiger charge is -1.52. The molecular weight excluding hydrogens is 448 g/mol. The van der Waals surface area contributed by atoms with Crippen LogP contribution in [0.3, 0.4) is 0 Å². The first-order valence-electron chi connectivity index (χ1n) is 13.3. The van der Waals surface area contributed by atoms with E-state index in [0.717, 1.165) is 27.6 Å². The van der Waals surface area contributed by atoms with E-state index in [2.05, 4.69) is 69.2 Å². The van der Waals surface area contributed by atoms with Crippen molar-refractivity contribution in [3.63, 3.8) is 0 Å². The van der Waals surface area contributed by atoms with E-state index in [-0.39, 0.29) is 19.8 Å². The monoisotopic (exact) mass is 529 g/mol. The summed E-state index contributed by atoms with van der Waals surface area (Å²) in [5.41, 5.74) is 0. The van der Waals surface area contributed by atoms with Gasteiger partial charge in [0.1, 0.15) is 6.29 Å². The highest BCUT2D eigenvalue weighted by atomic mass is 16.3. The van der Waals surface area contributed by atoms with E-state index in [1.807, 2.05) is 13.8 Å². The Labute approximate surface area is 226 Å². The van der Waals surface area contributed by atoms with Gasteiger partial charge in [0.2, 0.25) is 0 Å². The predicted octanol–water partition coefficient (Wildman–Crippen LogP) is 7.13. The fourth-order valence-corrected chi connectivity index (χ4v) is 0. The van der Waals surface area contributed by atoms with Crippen molar-refractivity contribution in [2.24, 2.45) is 0 Å². The molecule has 35 heavy (non-hydrogen) atoms. The highest BCUT2D eigenvalue weighted by molar-refractivity contribution is 5.44. The average Bonchev–Trinajstić information content (AvgIpc) is 2.84. The van der Waals surface area contributed by atoms with Crippen LogP contribution in [-0.4, -0.2) is 78.1 Å². The van der Waals surface area contributed by atoms with Gasteiger partial charge in [-0.25, -0.2) is 0 Å². The van der Waals surface area contributed by atoms with E-state index in [9.17, 15) is 0 Å². The molecule has 0 aromatic heterocycles. The van der Waals surface area contributed by atoms with Crippen LogP contribution in [0, 0.1) is 0 Å². The van der Waals surface area contributed by atoms with Crippen LogP contribution in [0.25, 0.3) is 0 Å². The summed E-state index contributed by atoms with van der Waals surface area (Å²) in [6.07, 6.45) is 7.00. The van der Waals surface area contributed by atoms with E-state index in [0.29, 0.717) is 0 Å². The molecule has 0 atom stereocenters. The van der Waals surface area contributed by atoms with Crippen LogP contribution in [0.4, 0.5) is 0 Å². The topological polar surface area (TPSA) is 138 Å². The molecule has 0 aliphatic rings. The van der Waals surface area contributed by atoms with Crippen molar-refractivity contribution in [2.75, 3.05) is 41.2 Å². The molecule has 234 valence electrons. The Morgan fingerprint density at radius 1 is 0.400 bits per heavy atom. The van der Waals surface area contributed by atoms with E-state index in [1.165, 1.54) is 39.0 Å². The van der Waals surface area contributed by atoms with Crippen molar-refractivity contribution in [1.29, 1.82) is 0 Å². The van der Waals surface area contributed by atoms with Crippen molar-refractivity contribution < 1.29 is 35.4 Å². The molecule has 0 unspecified atom stereocenters. The molecule has 7 heteroatoms. The van der Waals surface area contributed by atoms with Crippen LogP contribution in [0.5, 0.6) is 0 Å². The van der Waals surface area contributed by atoms with E-state index >= 15 is 0 Å². The number of hydrogen-bond donors (Lipinski definition) is 6. The average molecular weight is 529 g/mol. The van der Waals surface area contributed by atoms with Crippen LogP contribution in [0.15, 0.2) is 0 Å². The van der Waals surface area contributed by atoms with Gasteiger partial charge in [-0.15, -0.1) is 0 Å². The van der Waals surface area contributed by atoms with E-state index in [1.54, 1.807) is 20.8 Å². The van der Waals surface area contributed by atoms with Gasteiger partial charge in [0.15, 0.2) is 0 Å². The molecule has 0 rings (SSSR count). The van der Waals surface area contributed by atoms with Gasteiger partial charge in [-0.3, -0.25) is 0 Å². The number of carbonyl (C=O) groups excluding carboxylic acids is 1. The van der Waals surface area contributed by atoms with E-state index < -0.39 is 0 Å². The molecule has 0 aliphatic carbocycles. The highest BCUT2D eigenvalue weighted by Crippen LogP contribution is 1.57. The second-order valence-corrected chi connectivity index (χ2v) is 4.72. The minimum Gasteiger partial charge on any atom is -0.400 e. The Hall–Kier alpha value is -0.570. The lowest BCUT2D eigenvalue weighted by atomic mass is 10.6. The van der Waals surface area contributed by atoms with Crippen LogP contribution in [0.2, 0.25) is 0 Å². The van der Waals surface area contributed by atoms with Crippen molar-refractivity contribution in [2.45, 2.75) is 143 Å². The molecule has 0 spiro atoms. The summed E-state index contributed by atoms with van der Waals surface area (Å²) < 4.78 is 0. The summed E-state index contributed by atoms with van der Waals surface area (Å²) in [5.74, 6) is 0. The fraction of sp³-hybridized carbons (Fsp3) is 0.964. The number of aliphatic hydroxyl groups is 6. The summed E-state index contributed by atoms with van der Waals surface area (Å²) in [7, 11) is 3.00. The van der Waals surface area contributed by atoms with Gasteiger partial charge in [-0.2, -0.15) is 0 Å². The SMILES string of the molecule is CC.CC=O.CCC.CCC.CCC.CCC.CCC.CCO.CCO.CCO.CO.CO.CO. The number of hydrogen-bond acceptors (Lipinski definition) is 7. The first-order valence-corrected chi connectivity index (χ1v) is 13.3. The smallest absolute Gasteiger partial charge is 0.116 e. The minimum absolute atomic E-state index is 0.250. The number of aliphatic hydroxyl groups excluding tert-OH is 6. The molecule has 0 aromatic carbocycles. The number of rotatable bonds is 0. The van der Waals surface area contributed by atoms with Gasteiger partial charge in [0.25, 0.3) is 0 Å². The Morgan fingerprint density at radius 2 is 0.400 bits per heavy atom. The van der Waals surface area contributed by atoms with Crippen molar-refractivity contribution in [3.05, 3.63) is 0 Å². The lowest BCUT2D eigenvalue weighted by Crippen LogP contribution is -1.57. The van der Waals surface area contributed by atoms with Crippen LogP contribution >= 0.6 is 0 Å². The normalized spacial score (nSPS) is 5.17. The molecule has 0 fully saturated rings. The Kier molecular flexibility index (Phi) is 1180. The fourth-order valence-electron chi connectivity index (χ4n) is 0. The molecule has 0 amide bonds. The Morgan fingerprint density at radius 3 is 0.400 bits per heavy atom. The molecular formula is C28H80O7. The Bertz CT molecular complexity index is 75.4. The molecule has 0 saturated carbocycles. The third-order valence-corrected chi connectivity index (χ3v) is 0. The second-order valence-electron chi connectivity index (χ2n) is 4.72. The standard InChI is InChI=1S/5C3H8.3C2H6O.C2H4O.C2H6.3CH4O/c5*1-3-2;4*1-2-3;4*1-2/h5*3H2,1-2H3;3*3H,2H2,1H3;2H,1H3;1-2H3;3*2H,1H3. The van der Waals surface area contributed by atoms with Crippen LogP contribution in [-0.2, 0) is 4.79 Å². The van der Waals surface area contributed by atoms with Gasteiger partial charge in [-0.1, -0.05) is 115 Å². The van der Waals surface area contributed by atoms with Crippen molar-refractivity contribution in [3.8, 4) is 0 Å². The van der Waals surface area contributed by atoms with Gasteiger partial charge in [0.05, 0.1) is 0 Å². The summed E-state index contributed by atoms with van der Waals surface area (Å²) in [6.45, 7) is 32.5.